The fourth-order valence-corrected chi connectivity index (χ4v) is 5.70. The Kier molecular flexibility index (Phi) is 7.23. The molecule has 1 aliphatic heterocycles. The van der Waals surface area contributed by atoms with Gasteiger partial charge in [0.25, 0.3) is 5.56 Å². The molecule has 0 radical (unpaired) electrons. The highest BCUT2D eigenvalue weighted by Crippen LogP contribution is 2.29. The van der Waals surface area contributed by atoms with Crippen LogP contribution in [0.4, 0.5) is 4.39 Å². The summed E-state index contributed by atoms with van der Waals surface area (Å²) < 4.78 is 15.3. The lowest BCUT2D eigenvalue weighted by Crippen LogP contribution is -2.48. The summed E-state index contributed by atoms with van der Waals surface area (Å²) >= 11 is 0. The van der Waals surface area contributed by atoms with Crippen LogP contribution in [-0.4, -0.2) is 61.2 Å². The molecule has 0 amide bonds. The predicted molar refractivity (Wildman–Crippen MR) is 152 cm³/mol. The molecule has 3 aromatic carbocycles. The number of aryl methyl sites for hydroxylation is 2. The Morgan fingerprint density at radius 3 is 2.38 bits per heavy atom. The zero-order valence-electron chi connectivity index (χ0n) is 22.7. The van der Waals surface area contributed by atoms with Gasteiger partial charge in [0, 0.05) is 49.2 Å². The number of hydrogen-bond acceptors (Lipinski definition) is 6. The monoisotopic (exact) mass is 537 g/mol. The normalized spacial score (nSPS) is 15.5. The van der Waals surface area contributed by atoms with Crippen LogP contribution in [0.5, 0.6) is 0 Å². The summed E-state index contributed by atoms with van der Waals surface area (Å²) in [6, 6.07) is 22.5. The van der Waals surface area contributed by atoms with Crippen LogP contribution in [-0.2, 0) is 13.1 Å². The summed E-state index contributed by atoms with van der Waals surface area (Å²) in [5, 5.41) is 13.7. The van der Waals surface area contributed by atoms with Gasteiger partial charge in [-0.3, -0.25) is 14.6 Å². The molecule has 2 aromatic heterocycles. The number of rotatable bonds is 7. The van der Waals surface area contributed by atoms with Gasteiger partial charge in [-0.15, -0.1) is 5.10 Å². The van der Waals surface area contributed by atoms with E-state index in [9.17, 15) is 9.18 Å². The van der Waals surface area contributed by atoms with E-state index in [1.165, 1.54) is 17.7 Å². The maximum Gasteiger partial charge on any atom is 0.253 e. The molecular weight excluding hydrogens is 505 g/mol. The zero-order valence-corrected chi connectivity index (χ0v) is 22.7. The molecule has 0 saturated carbocycles. The summed E-state index contributed by atoms with van der Waals surface area (Å²) in [5.74, 6) is 0.302. The number of H-pyrrole nitrogens is 1. The minimum absolute atomic E-state index is 0.148. The summed E-state index contributed by atoms with van der Waals surface area (Å²) in [7, 11) is 0. The maximum absolute atomic E-state index is 13.6. The first-order valence-electron chi connectivity index (χ1n) is 13.6. The maximum atomic E-state index is 13.6. The van der Waals surface area contributed by atoms with E-state index >= 15 is 0 Å². The van der Waals surface area contributed by atoms with Crippen LogP contribution in [0.2, 0.25) is 0 Å². The van der Waals surface area contributed by atoms with Crippen molar-refractivity contribution in [3.8, 4) is 0 Å². The van der Waals surface area contributed by atoms with Crippen LogP contribution in [0.15, 0.2) is 77.6 Å². The van der Waals surface area contributed by atoms with Gasteiger partial charge in [0.2, 0.25) is 0 Å². The van der Waals surface area contributed by atoms with E-state index in [1.54, 1.807) is 16.8 Å². The van der Waals surface area contributed by atoms with E-state index in [0.29, 0.717) is 17.9 Å². The van der Waals surface area contributed by atoms with Crippen molar-refractivity contribution in [2.45, 2.75) is 33.0 Å². The van der Waals surface area contributed by atoms with Crippen molar-refractivity contribution in [3.05, 3.63) is 123 Å². The minimum Gasteiger partial charge on any atom is -0.322 e. The van der Waals surface area contributed by atoms with E-state index in [1.807, 2.05) is 25.1 Å². The smallest absolute Gasteiger partial charge is 0.253 e. The molecule has 1 saturated heterocycles. The highest BCUT2D eigenvalue weighted by molar-refractivity contribution is 5.83. The van der Waals surface area contributed by atoms with Crippen molar-refractivity contribution in [1.82, 2.24) is 35.0 Å². The summed E-state index contributed by atoms with van der Waals surface area (Å²) in [5.41, 5.74) is 5.65. The van der Waals surface area contributed by atoms with Gasteiger partial charge >= 0.3 is 0 Å². The highest BCUT2D eigenvalue weighted by atomic mass is 19.1. The van der Waals surface area contributed by atoms with Gasteiger partial charge in [0.05, 0.1) is 6.54 Å². The van der Waals surface area contributed by atoms with E-state index in [2.05, 4.69) is 67.6 Å². The number of benzene rings is 3. The molecule has 9 heteroatoms. The van der Waals surface area contributed by atoms with Crippen LogP contribution in [0, 0.1) is 19.7 Å². The van der Waals surface area contributed by atoms with Crippen LogP contribution in [0.3, 0.4) is 0 Å². The van der Waals surface area contributed by atoms with Gasteiger partial charge in [-0.2, -0.15) is 0 Å². The molecule has 0 unspecified atom stereocenters. The average molecular weight is 538 g/mol. The molecule has 3 heterocycles. The molecule has 0 spiro atoms. The average Bonchev–Trinajstić information content (AvgIpc) is 3.39. The second-order valence-corrected chi connectivity index (χ2v) is 10.6. The lowest BCUT2D eigenvalue weighted by atomic mass is 9.99. The van der Waals surface area contributed by atoms with Crippen molar-refractivity contribution < 1.29 is 4.39 Å². The second-order valence-electron chi connectivity index (χ2n) is 10.6. The first-order chi connectivity index (χ1) is 19.4. The Morgan fingerprint density at radius 1 is 0.900 bits per heavy atom. The van der Waals surface area contributed by atoms with Gasteiger partial charge in [0.1, 0.15) is 11.9 Å². The number of nitrogens with one attached hydrogen (secondary N) is 1. The highest BCUT2D eigenvalue weighted by Gasteiger charge is 2.33. The standard InChI is InChI=1S/C31H32FN7O/c1-21-16-22(2)26-18-27(31(40)33-28(26)17-21)29(30-34-35-36-39(30)20-24-8-10-25(32)11-9-24)38-14-12-37(13-15-38)19-23-6-4-3-5-7-23/h3-11,16-18,29H,12-15,19-20H2,1-2H3,(H,33,40)/t29-/m0/s1. The first-order valence-corrected chi connectivity index (χ1v) is 13.6. The van der Waals surface area contributed by atoms with Crippen LogP contribution in [0.25, 0.3) is 10.9 Å². The Morgan fingerprint density at radius 2 is 1.62 bits per heavy atom. The number of aromatic nitrogens is 5. The van der Waals surface area contributed by atoms with Crippen molar-refractivity contribution in [1.29, 1.82) is 0 Å². The predicted octanol–water partition coefficient (Wildman–Crippen LogP) is 4.23. The molecule has 6 rings (SSSR count). The number of halogens is 1. The van der Waals surface area contributed by atoms with Gasteiger partial charge in [-0.25, -0.2) is 9.07 Å². The minimum atomic E-state index is -0.442. The molecule has 8 nitrogen and oxygen atoms in total. The third-order valence-corrected chi connectivity index (χ3v) is 7.71. The molecule has 204 valence electrons. The van der Waals surface area contributed by atoms with Gasteiger partial charge in [0.15, 0.2) is 5.82 Å². The topological polar surface area (TPSA) is 82.9 Å². The lowest BCUT2D eigenvalue weighted by molar-refractivity contribution is 0.0998. The molecule has 1 fully saturated rings. The number of piperazine rings is 1. The van der Waals surface area contributed by atoms with Gasteiger partial charge in [-0.1, -0.05) is 48.5 Å². The van der Waals surface area contributed by atoms with Crippen molar-refractivity contribution >= 4 is 10.9 Å². The van der Waals surface area contributed by atoms with Crippen molar-refractivity contribution in [3.63, 3.8) is 0 Å². The Labute approximate surface area is 232 Å². The Bertz CT molecular complexity index is 1670. The van der Waals surface area contributed by atoms with E-state index in [4.69, 9.17) is 0 Å². The molecular formula is C31H32FN7O. The largest absolute Gasteiger partial charge is 0.322 e. The Balaban J connectivity index is 1.37. The second kappa shape index (κ2) is 11.1. The van der Waals surface area contributed by atoms with E-state index < -0.39 is 6.04 Å². The summed E-state index contributed by atoms with van der Waals surface area (Å²) in [4.78, 5) is 21.5. The number of pyridine rings is 1. The van der Waals surface area contributed by atoms with Gasteiger partial charge in [-0.05, 0) is 70.8 Å². The number of hydrogen-bond donors (Lipinski definition) is 1. The van der Waals surface area contributed by atoms with E-state index in [-0.39, 0.29) is 11.4 Å². The Hall–Kier alpha value is -4.21. The molecule has 40 heavy (non-hydrogen) atoms. The number of tetrazole rings is 1. The van der Waals surface area contributed by atoms with Crippen LogP contribution < -0.4 is 5.56 Å². The van der Waals surface area contributed by atoms with Crippen LogP contribution >= 0.6 is 0 Å². The molecule has 0 bridgehead atoms. The van der Waals surface area contributed by atoms with Crippen molar-refractivity contribution in [2.75, 3.05) is 26.2 Å². The van der Waals surface area contributed by atoms with E-state index in [0.717, 1.165) is 60.3 Å². The van der Waals surface area contributed by atoms with Gasteiger partial charge < -0.3 is 4.98 Å². The zero-order chi connectivity index (χ0) is 27.6. The third-order valence-electron chi connectivity index (χ3n) is 7.71. The first kappa shape index (κ1) is 26.0. The fraction of sp³-hybridized carbons (Fsp3) is 0.290. The number of fused-ring (bicyclic) bond motifs is 1. The molecule has 1 atom stereocenters. The number of nitrogens with zero attached hydrogens (tertiary/aromatic N) is 6. The fourth-order valence-electron chi connectivity index (χ4n) is 5.70. The lowest BCUT2D eigenvalue weighted by Gasteiger charge is -2.38. The summed E-state index contributed by atoms with van der Waals surface area (Å²) in [6.07, 6.45) is 0. The molecule has 1 N–H and O–H groups in total. The summed E-state index contributed by atoms with van der Waals surface area (Å²) in [6.45, 7) is 8.57. The molecule has 5 aromatic rings. The number of aromatic amines is 1. The van der Waals surface area contributed by atoms with Crippen molar-refractivity contribution in [2.24, 2.45) is 0 Å². The quantitative estimate of drug-likeness (QED) is 0.335. The van der Waals surface area contributed by atoms with Crippen LogP contribution in [0.1, 0.15) is 39.7 Å². The molecule has 1 aliphatic rings. The third kappa shape index (κ3) is 5.43. The SMILES string of the molecule is Cc1cc(C)c2cc([C@@H](c3nnnn3Cc3ccc(F)cc3)N3CCN(Cc4ccccc4)CC3)c(=O)[nH]c2c1. The molecule has 0 aliphatic carbocycles.